The fourth-order valence-electron chi connectivity index (χ4n) is 1.16. The first kappa shape index (κ1) is 12.6. The summed E-state index contributed by atoms with van der Waals surface area (Å²) in [7, 11) is 0. The second-order valence-corrected chi connectivity index (χ2v) is 4.04. The summed E-state index contributed by atoms with van der Waals surface area (Å²) in [6.07, 6.45) is 0.200. The molecule has 0 aliphatic rings. The van der Waals surface area contributed by atoms with E-state index in [2.05, 4.69) is 5.32 Å². The molecule has 0 aliphatic carbocycles. The lowest BCUT2D eigenvalue weighted by Crippen LogP contribution is -2.24. The van der Waals surface area contributed by atoms with Gasteiger partial charge in [0.05, 0.1) is 4.99 Å². The molecule has 1 atom stereocenters. The minimum absolute atomic E-state index is 0.163. The molecule has 0 aromatic heterocycles. The molecule has 86 valence electrons. The molecule has 0 heterocycles. The van der Waals surface area contributed by atoms with Crippen molar-refractivity contribution in [3.05, 3.63) is 30.1 Å². The largest absolute Gasteiger partial charge is 0.393 e. The van der Waals surface area contributed by atoms with Gasteiger partial charge in [0.15, 0.2) is 0 Å². The van der Waals surface area contributed by atoms with Crippen LogP contribution < -0.4 is 11.1 Å². The Kier molecular flexibility index (Phi) is 4.37. The highest BCUT2D eigenvalue weighted by Gasteiger charge is 2.11. The van der Waals surface area contributed by atoms with Crippen LogP contribution in [0.1, 0.15) is 13.3 Å². The second-order valence-electron chi connectivity index (χ2n) is 3.57. The van der Waals surface area contributed by atoms with Crippen LogP contribution in [0.25, 0.3) is 0 Å². The van der Waals surface area contributed by atoms with Crippen molar-refractivity contribution in [3.8, 4) is 0 Å². The van der Waals surface area contributed by atoms with E-state index >= 15 is 0 Å². The van der Waals surface area contributed by atoms with Crippen LogP contribution in [-0.4, -0.2) is 10.9 Å². The van der Waals surface area contributed by atoms with Crippen LogP contribution in [0.2, 0.25) is 0 Å². The molecule has 0 bridgehead atoms. The van der Waals surface area contributed by atoms with E-state index < -0.39 is 0 Å². The van der Waals surface area contributed by atoms with Gasteiger partial charge in [0, 0.05) is 18.0 Å². The molecular weight excluding hydrogens is 227 g/mol. The van der Waals surface area contributed by atoms with Gasteiger partial charge >= 0.3 is 0 Å². The van der Waals surface area contributed by atoms with Gasteiger partial charge in [-0.25, -0.2) is 4.39 Å². The van der Waals surface area contributed by atoms with Crippen molar-refractivity contribution < 1.29 is 9.18 Å². The van der Waals surface area contributed by atoms with Crippen LogP contribution in [-0.2, 0) is 4.79 Å². The van der Waals surface area contributed by atoms with Crippen LogP contribution in [0.3, 0.4) is 0 Å². The second kappa shape index (κ2) is 5.55. The monoisotopic (exact) mass is 240 g/mol. The van der Waals surface area contributed by atoms with E-state index in [0.717, 1.165) is 0 Å². The third-order valence-electron chi connectivity index (χ3n) is 2.09. The van der Waals surface area contributed by atoms with Crippen molar-refractivity contribution in [1.29, 1.82) is 0 Å². The van der Waals surface area contributed by atoms with Crippen molar-refractivity contribution in [2.75, 3.05) is 5.32 Å². The Bertz CT molecular complexity index is 409. The number of nitrogens with one attached hydrogen (secondary N) is 1. The summed E-state index contributed by atoms with van der Waals surface area (Å²) < 4.78 is 12.8. The maximum atomic E-state index is 12.8. The number of amides is 1. The van der Waals surface area contributed by atoms with Crippen molar-refractivity contribution in [3.63, 3.8) is 0 Å². The summed E-state index contributed by atoms with van der Waals surface area (Å²) in [5.41, 5.74) is 5.82. The average Bonchev–Trinajstić information content (AvgIpc) is 2.16. The van der Waals surface area contributed by atoms with Crippen molar-refractivity contribution >= 4 is 28.8 Å². The normalized spacial score (nSPS) is 11.9. The highest BCUT2D eigenvalue weighted by molar-refractivity contribution is 7.80. The summed E-state index contributed by atoms with van der Waals surface area (Å²) in [4.78, 5) is 11.8. The Balaban J connectivity index is 2.55. The van der Waals surface area contributed by atoms with E-state index in [1.807, 2.05) is 0 Å². The third-order valence-corrected chi connectivity index (χ3v) is 2.49. The molecule has 0 fully saturated rings. The summed E-state index contributed by atoms with van der Waals surface area (Å²) in [6, 6.07) is 5.71. The van der Waals surface area contributed by atoms with Gasteiger partial charge in [0.2, 0.25) is 5.91 Å². The number of hydrogen-bond donors (Lipinski definition) is 2. The summed E-state index contributed by atoms with van der Waals surface area (Å²) >= 11 is 4.76. The maximum Gasteiger partial charge on any atom is 0.225 e. The topological polar surface area (TPSA) is 55.1 Å². The Morgan fingerprint density at radius 2 is 2.31 bits per heavy atom. The highest BCUT2D eigenvalue weighted by atomic mass is 32.1. The minimum Gasteiger partial charge on any atom is -0.393 e. The first-order valence-electron chi connectivity index (χ1n) is 4.84. The van der Waals surface area contributed by atoms with Crippen LogP contribution >= 0.6 is 12.2 Å². The molecule has 1 unspecified atom stereocenters. The van der Waals surface area contributed by atoms with Crippen molar-refractivity contribution in [2.24, 2.45) is 11.7 Å². The third kappa shape index (κ3) is 3.94. The summed E-state index contributed by atoms with van der Waals surface area (Å²) in [6.45, 7) is 1.77. The zero-order valence-corrected chi connectivity index (χ0v) is 9.68. The smallest absolute Gasteiger partial charge is 0.225 e. The van der Waals surface area contributed by atoms with Gasteiger partial charge in [-0.1, -0.05) is 25.2 Å². The Morgan fingerprint density at radius 3 is 2.88 bits per heavy atom. The fourth-order valence-corrected chi connectivity index (χ4v) is 1.24. The van der Waals surface area contributed by atoms with E-state index in [-0.39, 0.29) is 24.1 Å². The van der Waals surface area contributed by atoms with Gasteiger partial charge in [-0.05, 0) is 18.2 Å². The molecule has 5 heteroatoms. The maximum absolute atomic E-state index is 12.8. The van der Waals surface area contributed by atoms with Crippen LogP contribution in [0.4, 0.5) is 10.1 Å². The Hall–Kier alpha value is -1.49. The van der Waals surface area contributed by atoms with Gasteiger partial charge in [-0.3, -0.25) is 4.79 Å². The van der Waals surface area contributed by atoms with Gasteiger partial charge in [-0.2, -0.15) is 0 Å². The van der Waals surface area contributed by atoms with Gasteiger partial charge in [0.1, 0.15) is 5.82 Å². The molecule has 1 rings (SSSR count). The number of halogens is 1. The fraction of sp³-hybridized carbons (Fsp3) is 0.273. The predicted octanol–water partition coefficient (Wildman–Crippen LogP) is 2.08. The molecule has 0 spiro atoms. The minimum atomic E-state index is -0.389. The van der Waals surface area contributed by atoms with Gasteiger partial charge < -0.3 is 11.1 Å². The molecule has 3 nitrogen and oxygen atoms in total. The lowest BCUT2D eigenvalue weighted by atomic mass is 10.1. The molecule has 0 aliphatic heterocycles. The number of thiocarbonyl (C=S) groups is 1. The number of nitrogens with two attached hydrogens (primary N) is 1. The molecule has 0 saturated heterocycles. The Morgan fingerprint density at radius 1 is 1.62 bits per heavy atom. The van der Waals surface area contributed by atoms with E-state index in [4.69, 9.17) is 18.0 Å². The number of carbonyl (C=O) groups is 1. The highest BCUT2D eigenvalue weighted by Crippen LogP contribution is 2.11. The van der Waals surface area contributed by atoms with Gasteiger partial charge in [-0.15, -0.1) is 0 Å². The van der Waals surface area contributed by atoms with E-state index in [1.165, 1.54) is 18.2 Å². The molecule has 0 radical (unpaired) electrons. The lowest BCUT2D eigenvalue weighted by molar-refractivity contribution is -0.116. The predicted molar refractivity (Wildman–Crippen MR) is 65.6 cm³/mol. The molecule has 3 N–H and O–H groups in total. The SMILES string of the molecule is CC(CC(=O)Nc1cccc(F)c1)C(N)=S. The van der Waals surface area contributed by atoms with E-state index in [9.17, 15) is 9.18 Å². The summed E-state index contributed by atoms with van der Waals surface area (Å²) in [5.74, 6) is -0.783. The molecular formula is C11H13FN2OS. The van der Waals surface area contributed by atoms with Crippen LogP contribution in [0.15, 0.2) is 24.3 Å². The first-order chi connectivity index (χ1) is 7.49. The molecule has 1 amide bonds. The quantitative estimate of drug-likeness (QED) is 0.792. The molecule has 1 aromatic rings. The van der Waals surface area contributed by atoms with Crippen molar-refractivity contribution in [2.45, 2.75) is 13.3 Å². The zero-order valence-electron chi connectivity index (χ0n) is 8.87. The number of rotatable bonds is 4. The van der Waals surface area contributed by atoms with E-state index in [1.54, 1.807) is 13.0 Å². The summed E-state index contributed by atoms with van der Waals surface area (Å²) in [5, 5.41) is 2.57. The average molecular weight is 240 g/mol. The number of hydrogen-bond acceptors (Lipinski definition) is 2. The van der Waals surface area contributed by atoms with Gasteiger partial charge in [0.25, 0.3) is 0 Å². The molecule has 0 saturated carbocycles. The lowest BCUT2D eigenvalue weighted by Gasteiger charge is -2.09. The zero-order chi connectivity index (χ0) is 12.1. The molecule has 16 heavy (non-hydrogen) atoms. The van der Waals surface area contributed by atoms with Crippen molar-refractivity contribution in [1.82, 2.24) is 0 Å². The first-order valence-corrected chi connectivity index (χ1v) is 5.24. The molecule has 1 aromatic carbocycles. The number of benzene rings is 1. The Labute approximate surface area is 98.8 Å². The van der Waals surface area contributed by atoms with Crippen LogP contribution in [0.5, 0.6) is 0 Å². The van der Waals surface area contributed by atoms with Crippen LogP contribution in [0, 0.1) is 11.7 Å². The standard InChI is InChI=1S/C11H13FN2OS/c1-7(11(13)16)5-10(15)14-9-4-2-3-8(12)6-9/h2-4,6-7H,5H2,1H3,(H2,13,16)(H,14,15). The van der Waals surface area contributed by atoms with E-state index in [0.29, 0.717) is 10.7 Å². The number of anilines is 1. The number of carbonyl (C=O) groups excluding carboxylic acids is 1.